The summed E-state index contributed by atoms with van der Waals surface area (Å²) >= 11 is 0. The molecule has 3 amide bonds. The summed E-state index contributed by atoms with van der Waals surface area (Å²) in [6.07, 6.45) is 4.70. The number of rotatable bonds is 6. The minimum atomic E-state index is -0.943. The molecule has 1 heterocycles. The topological polar surface area (TPSA) is 61.8 Å². The first-order valence-corrected chi connectivity index (χ1v) is 8.96. The molecule has 0 aromatic heterocycles. The van der Waals surface area contributed by atoms with E-state index >= 15 is 0 Å². The Bertz CT molecular complexity index is 875. The van der Waals surface area contributed by atoms with E-state index in [-0.39, 0.29) is 5.91 Å². The second-order valence-corrected chi connectivity index (χ2v) is 6.91. The van der Waals surface area contributed by atoms with Gasteiger partial charge in [-0.05, 0) is 43.4 Å². The Labute approximate surface area is 159 Å². The fourth-order valence-electron chi connectivity index (χ4n) is 2.98. The molecule has 1 aliphatic rings. The lowest BCUT2D eigenvalue weighted by Gasteiger charge is -2.20. The summed E-state index contributed by atoms with van der Waals surface area (Å²) in [7, 11) is 0. The third kappa shape index (κ3) is 4.50. The standard InChI is InChI=1S/C22H23N3O2/c1-17(15-19-11-7-4-8-12-19)16-23-25-20(26)22(2,24-21(25)27)14-13-18-9-5-3-6-10-18/h3-12,15-16H,13-14H2,1-2H3,(H,24,27)/b17-15+,23-16?/t22-/m0/s1. The van der Waals surface area contributed by atoms with Crippen LogP contribution in [0.15, 0.2) is 71.3 Å². The Hall–Kier alpha value is -3.21. The van der Waals surface area contributed by atoms with E-state index in [1.165, 1.54) is 6.21 Å². The molecule has 138 valence electrons. The zero-order valence-electron chi connectivity index (χ0n) is 15.6. The van der Waals surface area contributed by atoms with E-state index in [2.05, 4.69) is 10.4 Å². The number of amides is 3. The lowest BCUT2D eigenvalue weighted by molar-refractivity contribution is -0.130. The lowest BCUT2D eigenvalue weighted by atomic mass is 9.93. The van der Waals surface area contributed by atoms with Crippen molar-refractivity contribution in [2.75, 3.05) is 0 Å². The predicted octanol–water partition coefficient (Wildman–Crippen LogP) is 4.02. The van der Waals surface area contributed by atoms with Gasteiger partial charge in [0.15, 0.2) is 0 Å². The van der Waals surface area contributed by atoms with Crippen LogP contribution in [0, 0.1) is 0 Å². The molecule has 0 spiro atoms. The van der Waals surface area contributed by atoms with Crippen LogP contribution >= 0.6 is 0 Å². The highest BCUT2D eigenvalue weighted by molar-refractivity contribution is 6.07. The number of hydrogen-bond donors (Lipinski definition) is 1. The first-order valence-electron chi connectivity index (χ1n) is 8.96. The van der Waals surface area contributed by atoms with E-state index < -0.39 is 11.6 Å². The Kier molecular flexibility index (Phi) is 5.50. The van der Waals surface area contributed by atoms with Crippen molar-refractivity contribution < 1.29 is 9.59 Å². The fourth-order valence-corrected chi connectivity index (χ4v) is 2.98. The van der Waals surface area contributed by atoms with Crippen LogP contribution in [-0.2, 0) is 11.2 Å². The van der Waals surface area contributed by atoms with Crippen molar-refractivity contribution in [2.24, 2.45) is 5.10 Å². The summed E-state index contributed by atoms with van der Waals surface area (Å²) in [5.74, 6) is -0.327. The summed E-state index contributed by atoms with van der Waals surface area (Å²) in [6.45, 7) is 3.63. The molecule has 2 aromatic carbocycles. The third-order valence-corrected chi connectivity index (χ3v) is 4.57. The number of hydrogen-bond acceptors (Lipinski definition) is 3. The van der Waals surface area contributed by atoms with Crippen LogP contribution < -0.4 is 5.32 Å². The van der Waals surface area contributed by atoms with Gasteiger partial charge in [-0.15, -0.1) is 5.01 Å². The van der Waals surface area contributed by atoms with Gasteiger partial charge in [0.25, 0.3) is 5.91 Å². The van der Waals surface area contributed by atoms with E-state index in [4.69, 9.17) is 0 Å². The molecule has 0 aliphatic carbocycles. The first-order chi connectivity index (χ1) is 13.0. The third-order valence-electron chi connectivity index (χ3n) is 4.57. The molecule has 2 aromatic rings. The zero-order chi connectivity index (χ0) is 19.3. The maximum Gasteiger partial charge on any atom is 0.346 e. The van der Waals surface area contributed by atoms with E-state index in [9.17, 15) is 9.59 Å². The summed E-state index contributed by atoms with van der Waals surface area (Å²) in [5.41, 5.74) is 2.07. The predicted molar refractivity (Wildman–Crippen MR) is 107 cm³/mol. The van der Waals surface area contributed by atoms with Gasteiger partial charge < -0.3 is 5.32 Å². The molecule has 1 saturated heterocycles. The van der Waals surface area contributed by atoms with Crippen molar-refractivity contribution in [2.45, 2.75) is 32.2 Å². The SMILES string of the molecule is C/C(C=NN1C(=O)N[C@@](C)(CCc2ccccc2)C1=O)=C\c1ccccc1. The Morgan fingerprint density at radius 1 is 1.07 bits per heavy atom. The van der Waals surface area contributed by atoms with E-state index in [0.29, 0.717) is 12.8 Å². The van der Waals surface area contributed by atoms with Crippen LogP contribution in [0.1, 0.15) is 31.4 Å². The monoisotopic (exact) mass is 361 g/mol. The summed E-state index contributed by atoms with van der Waals surface area (Å²) in [6, 6.07) is 19.2. The average molecular weight is 361 g/mol. The Morgan fingerprint density at radius 3 is 2.37 bits per heavy atom. The fraction of sp³-hybridized carbons (Fsp3) is 0.227. The largest absolute Gasteiger partial charge is 0.346 e. The van der Waals surface area contributed by atoms with Crippen molar-refractivity contribution in [3.63, 3.8) is 0 Å². The summed E-state index contributed by atoms with van der Waals surface area (Å²) in [5, 5.41) is 7.81. The smallest absolute Gasteiger partial charge is 0.322 e. The highest BCUT2D eigenvalue weighted by Gasteiger charge is 2.47. The van der Waals surface area contributed by atoms with E-state index in [1.54, 1.807) is 6.92 Å². The molecule has 0 radical (unpaired) electrons. The number of imide groups is 1. The lowest BCUT2D eigenvalue weighted by Crippen LogP contribution is -2.44. The normalized spacial score (nSPS) is 20.4. The van der Waals surface area contributed by atoms with Crippen molar-refractivity contribution >= 4 is 24.2 Å². The molecule has 0 unspecified atom stereocenters. The van der Waals surface area contributed by atoms with Crippen molar-refractivity contribution in [1.29, 1.82) is 0 Å². The summed E-state index contributed by atoms with van der Waals surface area (Å²) in [4.78, 5) is 25.0. The number of carbonyl (C=O) groups excluding carboxylic acids is 2. The number of allylic oxidation sites excluding steroid dienone is 1. The molecular weight excluding hydrogens is 338 g/mol. The van der Waals surface area contributed by atoms with Crippen LogP contribution in [0.2, 0.25) is 0 Å². The number of benzene rings is 2. The van der Waals surface area contributed by atoms with Crippen LogP contribution in [-0.4, -0.2) is 28.7 Å². The van der Waals surface area contributed by atoms with E-state index in [1.807, 2.05) is 73.7 Å². The molecular formula is C22H23N3O2. The van der Waals surface area contributed by atoms with Crippen LogP contribution in [0.3, 0.4) is 0 Å². The number of urea groups is 1. The molecule has 1 atom stereocenters. The van der Waals surface area contributed by atoms with Gasteiger partial charge in [-0.1, -0.05) is 66.7 Å². The van der Waals surface area contributed by atoms with Crippen molar-refractivity contribution in [3.05, 3.63) is 77.4 Å². The minimum absolute atomic E-state index is 0.327. The molecule has 1 aliphatic heterocycles. The van der Waals surface area contributed by atoms with Gasteiger partial charge in [-0.25, -0.2) is 4.79 Å². The van der Waals surface area contributed by atoms with Gasteiger partial charge in [0, 0.05) is 0 Å². The van der Waals surface area contributed by atoms with Crippen molar-refractivity contribution in [3.8, 4) is 0 Å². The Balaban J connectivity index is 1.67. The molecule has 5 heteroatoms. The van der Waals surface area contributed by atoms with Crippen LogP contribution in [0.4, 0.5) is 4.79 Å². The van der Waals surface area contributed by atoms with Gasteiger partial charge >= 0.3 is 6.03 Å². The maximum absolute atomic E-state index is 12.7. The molecule has 27 heavy (non-hydrogen) atoms. The number of hydrazone groups is 1. The van der Waals surface area contributed by atoms with Gasteiger partial charge in [0.1, 0.15) is 5.54 Å². The Morgan fingerprint density at radius 2 is 1.70 bits per heavy atom. The molecule has 5 nitrogen and oxygen atoms in total. The molecule has 0 saturated carbocycles. The van der Waals surface area contributed by atoms with Gasteiger partial charge in [-0.3, -0.25) is 4.79 Å². The average Bonchev–Trinajstić information content (AvgIpc) is 2.89. The molecule has 1 fully saturated rings. The maximum atomic E-state index is 12.7. The van der Waals surface area contributed by atoms with Gasteiger partial charge in [0.05, 0.1) is 6.21 Å². The zero-order valence-corrected chi connectivity index (χ0v) is 15.6. The molecule has 3 rings (SSSR count). The second-order valence-electron chi connectivity index (χ2n) is 6.91. The van der Waals surface area contributed by atoms with Crippen molar-refractivity contribution in [1.82, 2.24) is 10.3 Å². The second kappa shape index (κ2) is 7.99. The van der Waals surface area contributed by atoms with Gasteiger partial charge in [0.2, 0.25) is 0 Å². The minimum Gasteiger partial charge on any atom is -0.322 e. The van der Waals surface area contributed by atoms with Crippen LogP contribution in [0.5, 0.6) is 0 Å². The molecule has 0 bridgehead atoms. The number of carbonyl (C=O) groups is 2. The highest BCUT2D eigenvalue weighted by atomic mass is 16.2. The van der Waals surface area contributed by atoms with Gasteiger partial charge in [-0.2, -0.15) is 5.10 Å². The summed E-state index contributed by atoms with van der Waals surface area (Å²) < 4.78 is 0. The van der Waals surface area contributed by atoms with E-state index in [0.717, 1.165) is 21.7 Å². The highest BCUT2D eigenvalue weighted by Crippen LogP contribution is 2.23. The van der Waals surface area contributed by atoms with Crippen LogP contribution in [0.25, 0.3) is 6.08 Å². The quantitative estimate of drug-likeness (QED) is 0.624. The number of aryl methyl sites for hydroxylation is 1. The number of nitrogens with one attached hydrogen (secondary N) is 1. The molecule has 1 N–H and O–H groups in total. The first kappa shape index (κ1) is 18.6. The number of nitrogens with zero attached hydrogens (tertiary/aromatic N) is 2.